The average Bonchev–Trinajstić information content (AvgIpc) is 3.09. The summed E-state index contributed by atoms with van der Waals surface area (Å²) in [6, 6.07) is 11.5. The molecule has 0 amide bonds. The topological polar surface area (TPSA) is 65.0 Å². The molecule has 2 heterocycles. The van der Waals surface area contributed by atoms with Crippen molar-refractivity contribution < 1.29 is 8.94 Å². The van der Waals surface area contributed by atoms with E-state index in [-0.39, 0.29) is 0 Å². The van der Waals surface area contributed by atoms with Crippen molar-refractivity contribution in [1.82, 2.24) is 15.4 Å². The first-order valence-corrected chi connectivity index (χ1v) is 6.31. The molecule has 0 aliphatic rings. The molecule has 0 atom stereocenters. The molecule has 0 aliphatic heterocycles. The molecule has 90 valence electrons. The number of rotatable bonds is 4. The third kappa shape index (κ3) is 2.43. The van der Waals surface area contributed by atoms with Crippen molar-refractivity contribution in [2.45, 2.75) is 11.0 Å². The number of thioether (sulfide) groups is 1. The van der Waals surface area contributed by atoms with Crippen molar-refractivity contribution in [3.05, 3.63) is 48.4 Å². The van der Waals surface area contributed by atoms with Crippen LogP contribution in [0.25, 0.3) is 11.5 Å². The Kier molecular flexibility index (Phi) is 3.10. The lowest BCUT2D eigenvalue weighted by Gasteiger charge is -1.92. The number of aromatic nitrogens is 3. The van der Waals surface area contributed by atoms with Gasteiger partial charge in [0.25, 0.3) is 5.22 Å². The predicted octanol–water partition coefficient (Wildman–Crippen LogP) is 3.02. The van der Waals surface area contributed by atoms with Crippen LogP contribution in [0.5, 0.6) is 0 Å². The molecule has 3 rings (SSSR count). The summed E-state index contributed by atoms with van der Waals surface area (Å²) in [5, 5.41) is 12.3. The van der Waals surface area contributed by atoms with Gasteiger partial charge in [-0.1, -0.05) is 35.1 Å². The van der Waals surface area contributed by atoms with E-state index in [4.69, 9.17) is 8.94 Å². The third-order valence-electron chi connectivity index (χ3n) is 2.26. The highest BCUT2D eigenvalue weighted by molar-refractivity contribution is 7.98. The van der Waals surface area contributed by atoms with Crippen LogP contribution in [-0.4, -0.2) is 15.4 Å². The molecule has 0 saturated heterocycles. The first kappa shape index (κ1) is 11.0. The molecule has 0 spiro atoms. The molecule has 0 fully saturated rings. The van der Waals surface area contributed by atoms with Crippen LogP contribution in [0, 0.1) is 0 Å². The van der Waals surface area contributed by atoms with Gasteiger partial charge in [-0.05, 0) is 12.1 Å². The highest BCUT2D eigenvalue weighted by atomic mass is 32.2. The second-order valence-corrected chi connectivity index (χ2v) is 4.45. The van der Waals surface area contributed by atoms with Gasteiger partial charge in [-0.15, -0.1) is 10.2 Å². The largest absolute Gasteiger partial charge is 0.411 e. The van der Waals surface area contributed by atoms with Crippen LogP contribution in [0.1, 0.15) is 5.69 Å². The van der Waals surface area contributed by atoms with Gasteiger partial charge in [-0.25, -0.2) is 0 Å². The predicted molar refractivity (Wildman–Crippen MR) is 65.8 cm³/mol. The fraction of sp³-hybridized carbons (Fsp3) is 0.0833. The minimum Gasteiger partial charge on any atom is -0.411 e. The third-order valence-corrected chi connectivity index (χ3v) is 3.11. The van der Waals surface area contributed by atoms with Crippen LogP contribution in [0.3, 0.4) is 0 Å². The Morgan fingerprint density at radius 3 is 2.72 bits per heavy atom. The minimum atomic E-state index is 0.525. The van der Waals surface area contributed by atoms with Gasteiger partial charge in [0.05, 0.1) is 5.69 Å². The second-order valence-electron chi connectivity index (χ2n) is 3.52. The number of nitrogens with zero attached hydrogens (tertiary/aromatic N) is 3. The SMILES string of the molecule is c1ccc(-c2nnc(SCc3ccon3)o2)cc1. The average molecular weight is 259 g/mol. The van der Waals surface area contributed by atoms with E-state index >= 15 is 0 Å². The minimum absolute atomic E-state index is 0.525. The first-order chi connectivity index (χ1) is 8.92. The summed E-state index contributed by atoms with van der Waals surface area (Å²) in [7, 11) is 0. The van der Waals surface area contributed by atoms with Crippen molar-refractivity contribution in [2.24, 2.45) is 0 Å². The van der Waals surface area contributed by atoms with Crippen LogP contribution >= 0.6 is 11.8 Å². The van der Waals surface area contributed by atoms with E-state index in [0.717, 1.165) is 11.3 Å². The van der Waals surface area contributed by atoms with Gasteiger partial charge in [0, 0.05) is 17.4 Å². The summed E-state index contributed by atoms with van der Waals surface area (Å²) < 4.78 is 10.3. The van der Waals surface area contributed by atoms with E-state index in [0.29, 0.717) is 16.9 Å². The maximum absolute atomic E-state index is 5.55. The van der Waals surface area contributed by atoms with Crippen LogP contribution in [0.4, 0.5) is 0 Å². The number of hydrogen-bond donors (Lipinski definition) is 0. The van der Waals surface area contributed by atoms with Crippen LogP contribution < -0.4 is 0 Å². The van der Waals surface area contributed by atoms with Gasteiger partial charge in [0.15, 0.2) is 0 Å². The normalized spacial score (nSPS) is 10.7. The molecule has 3 aromatic rings. The second kappa shape index (κ2) is 5.05. The summed E-state index contributed by atoms with van der Waals surface area (Å²) in [6.45, 7) is 0. The summed E-state index contributed by atoms with van der Waals surface area (Å²) in [5.41, 5.74) is 1.76. The quantitative estimate of drug-likeness (QED) is 0.671. The highest BCUT2D eigenvalue weighted by Gasteiger charge is 2.09. The molecule has 2 aromatic heterocycles. The Morgan fingerprint density at radius 2 is 1.94 bits per heavy atom. The van der Waals surface area contributed by atoms with E-state index < -0.39 is 0 Å². The highest BCUT2D eigenvalue weighted by Crippen LogP contribution is 2.24. The molecule has 0 bridgehead atoms. The molecular weight excluding hydrogens is 250 g/mol. The van der Waals surface area contributed by atoms with Crippen molar-refractivity contribution in [2.75, 3.05) is 0 Å². The maximum atomic E-state index is 5.55. The molecule has 6 heteroatoms. The van der Waals surface area contributed by atoms with E-state index in [1.54, 1.807) is 6.26 Å². The van der Waals surface area contributed by atoms with Gasteiger partial charge < -0.3 is 8.94 Å². The molecule has 0 unspecified atom stereocenters. The van der Waals surface area contributed by atoms with E-state index in [2.05, 4.69) is 15.4 Å². The molecular formula is C12H9N3O2S. The Hall–Kier alpha value is -2.08. The van der Waals surface area contributed by atoms with E-state index in [1.165, 1.54) is 11.8 Å². The van der Waals surface area contributed by atoms with Crippen LogP contribution in [-0.2, 0) is 5.75 Å². The van der Waals surface area contributed by atoms with Gasteiger partial charge >= 0.3 is 0 Å². The standard InChI is InChI=1S/C12H9N3O2S/c1-2-4-9(5-3-1)11-13-14-12(17-11)18-8-10-6-7-16-15-10/h1-7H,8H2. The molecule has 0 radical (unpaired) electrons. The fourth-order valence-electron chi connectivity index (χ4n) is 1.41. The van der Waals surface area contributed by atoms with Crippen molar-refractivity contribution in [3.63, 3.8) is 0 Å². The Bertz CT molecular complexity index is 607. The molecule has 1 aromatic carbocycles. The molecule has 0 aliphatic carbocycles. The monoisotopic (exact) mass is 259 g/mol. The van der Waals surface area contributed by atoms with Crippen molar-refractivity contribution >= 4 is 11.8 Å². The lowest BCUT2D eigenvalue weighted by Crippen LogP contribution is -1.79. The van der Waals surface area contributed by atoms with Gasteiger partial charge in [-0.3, -0.25) is 0 Å². The van der Waals surface area contributed by atoms with Gasteiger partial charge in [0.2, 0.25) is 5.89 Å². The number of benzene rings is 1. The van der Waals surface area contributed by atoms with Gasteiger partial charge in [-0.2, -0.15) is 0 Å². The summed E-state index contributed by atoms with van der Waals surface area (Å²) in [6.07, 6.45) is 1.54. The molecule has 0 N–H and O–H groups in total. The first-order valence-electron chi connectivity index (χ1n) is 5.33. The maximum Gasteiger partial charge on any atom is 0.277 e. The van der Waals surface area contributed by atoms with E-state index in [9.17, 15) is 0 Å². The summed E-state index contributed by atoms with van der Waals surface area (Å²) in [5.74, 6) is 1.17. The van der Waals surface area contributed by atoms with Crippen molar-refractivity contribution in [1.29, 1.82) is 0 Å². The van der Waals surface area contributed by atoms with Crippen LogP contribution in [0.15, 0.2) is 56.8 Å². The summed E-state index contributed by atoms with van der Waals surface area (Å²) >= 11 is 1.43. The van der Waals surface area contributed by atoms with Crippen molar-refractivity contribution in [3.8, 4) is 11.5 Å². The molecule has 5 nitrogen and oxygen atoms in total. The Balaban J connectivity index is 1.70. The lowest BCUT2D eigenvalue weighted by atomic mass is 10.2. The zero-order valence-corrected chi connectivity index (χ0v) is 10.1. The molecule has 0 saturated carbocycles. The molecule has 18 heavy (non-hydrogen) atoms. The Morgan fingerprint density at radius 1 is 1.06 bits per heavy atom. The van der Waals surface area contributed by atoms with Crippen LogP contribution in [0.2, 0.25) is 0 Å². The fourth-order valence-corrected chi connectivity index (χ4v) is 2.07. The zero-order chi connectivity index (χ0) is 12.2. The number of hydrogen-bond acceptors (Lipinski definition) is 6. The Labute approximate surface area is 107 Å². The lowest BCUT2D eigenvalue weighted by molar-refractivity contribution is 0.414. The van der Waals surface area contributed by atoms with E-state index in [1.807, 2.05) is 36.4 Å². The summed E-state index contributed by atoms with van der Waals surface area (Å²) in [4.78, 5) is 0. The van der Waals surface area contributed by atoms with Gasteiger partial charge in [0.1, 0.15) is 6.26 Å². The smallest absolute Gasteiger partial charge is 0.277 e. The zero-order valence-electron chi connectivity index (χ0n) is 9.31.